The fraction of sp³-hybridized carbons (Fsp3) is 0.778. The van der Waals surface area contributed by atoms with Gasteiger partial charge in [-0.25, -0.2) is 0 Å². The molecule has 3 nitrogen and oxygen atoms in total. The molecule has 74 valence electrons. The summed E-state index contributed by atoms with van der Waals surface area (Å²) in [4.78, 5) is 0. The van der Waals surface area contributed by atoms with Crippen molar-refractivity contribution in [3.05, 3.63) is 13.2 Å². The molecule has 0 aliphatic carbocycles. The lowest BCUT2D eigenvalue weighted by Gasteiger charge is -2.13. The smallest absolute Gasteiger partial charge is 0.0779 e. The Kier molecular flexibility index (Phi) is 12.5. The second-order valence-electron chi connectivity index (χ2n) is 2.37. The lowest BCUT2D eigenvalue weighted by atomic mass is 10.4. The van der Waals surface area contributed by atoms with Crippen LogP contribution in [0.2, 0.25) is 0 Å². The van der Waals surface area contributed by atoms with Crippen molar-refractivity contribution in [2.45, 2.75) is 26.1 Å². The molecule has 0 aromatic heterocycles. The average Bonchev–Trinajstić information content (AvgIpc) is 2.16. The summed E-state index contributed by atoms with van der Waals surface area (Å²) in [5.74, 6) is 0. The van der Waals surface area contributed by atoms with E-state index in [-0.39, 0.29) is 18.8 Å². The van der Waals surface area contributed by atoms with E-state index in [1.165, 1.54) is 0 Å². The standard InChI is InChI=1S/C7H16O3.C2H4/c1-6(4-8)10-5-7(2)9-3;1-2/h6-8H,4-5H2,1-3H3;1-2H2. The van der Waals surface area contributed by atoms with Gasteiger partial charge in [-0.1, -0.05) is 0 Å². The summed E-state index contributed by atoms with van der Waals surface area (Å²) in [5, 5.41) is 8.55. The molecule has 3 heteroatoms. The Morgan fingerprint density at radius 2 is 1.75 bits per heavy atom. The third-order valence-electron chi connectivity index (χ3n) is 1.27. The van der Waals surface area contributed by atoms with Crippen LogP contribution in [-0.2, 0) is 9.47 Å². The fourth-order valence-electron chi connectivity index (χ4n) is 0.421. The largest absolute Gasteiger partial charge is 0.394 e. The molecule has 0 heterocycles. The van der Waals surface area contributed by atoms with Crippen molar-refractivity contribution < 1.29 is 14.6 Å². The quantitative estimate of drug-likeness (QED) is 0.640. The van der Waals surface area contributed by atoms with Crippen molar-refractivity contribution in [1.29, 1.82) is 0 Å². The first-order valence-electron chi connectivity index (χ1n) is 3.96. The van der Waals surface area contributed by atoms with Crippen molar-refractivity contribution in [2.24, 2.45) is 0 Å². The normalized spacial score (nSPS) is 14.3. The number of hydrogen-bond donors (Lipinski definition) is 1. The molecule has 0 saturated carbocycles. The SMILES string of the molecule is C=C.COC(C)COC(C)CO. The highest BCUT2D eigenvalue weighted by Gasteiger charge is 2.03. The molecule has 0 saturated heterocycles. The van der Waals surface area contributed by atoms with Gasteiger partial charge in [0.2, 0.25) is 0 Å². The van der Waals surface area contributed by atoms with Gasteiger partial charge in [0.05, 0.1) is 25.4 Å². The van der Waals surface area contributed by atoms with Crippen LogP contribution in [0, 0.1) is 0 Å². The summed E-state index contributed by atoms with van der Waals surface area (Å²) in [6, 6.07) is 0. The molecule has 0 spiro atoms. The first-order chi connectivity index (χ1) is 5.70. The predicted molar refractivity (Wildman–Crippen MR) is 50.2 cm³/mol. The third-order valence-corrected chi connectivity index (χ3v) is 1.27. The highest BCUT2D eigenvalue weighted by molar-refractivity contribution is 4.49. The molecule has 0 rings (SSSR count). The molecule has 0 aliphatic rings. The molecule has 0 aliphatic heterocycles. The topological polar surface area (TPSA) is 38.7 Å². The monoisotopic (exact) mass is 176 g/mol. The summed E-state index contributed by atoms with van der Waals surface area (Å²) in [6.07, 6.45) is 0.0200. The van der Waals surface area contributed by atoms with E-state index in [1.54, 1.807) is 7.11 Å². The molecule has 1 N–H and O–H groups in total. The summed E-state index contributed by atoms with van der Waals surface area (Å²) in [7, 11) is 1.64. The van der Waals surface area contributed by atoms with Crippen LogP contribution >= 0.6 is 0 Å². The van der Waals surface area contributed by atoms with E-state index >= 15 is 0 Å². The van der Waals surface area contributed by atoms with Gasteiger partial charge in [-0.05, 0) is 13.8 Å². The van der Waals surface area contributed by atoms with Gasteiger partial charge in [-0.2, -0.15) is 0 Å². The minimum Gasteiger partial charge on any atom is -0.394 e. The minimum atomic E-state index is -0.0856. The van der Waals surface area contributed by atoms with Crippen molar-refractivity contribution in [1.82, 2.24) is 0 Å². The number of rotatable bonds is 5. The molecule has 0 amide bonds. The molecule has 0 aromatic carbocycles. The summed E-state index contributed by atoms with van der Waals surface area (Å²) >= 11 is 0. The van der Waals surface area contributed by atoms with Crippen LogP contribution in [-0.4, -0.2) is 37.6 Å². The van der Waals surface area contributed by atoms with Gasteiger partial charge in [0.15, 0.2) is 0 Å². The first kappa shape index (κ1) is 14.2. The number of ether oxygens (including phenoxy) is 2. The number of methoxy groups -OCH3 is 1. The summed E-state index contributed by atoms with van der Waals surface area (Å²) < 4.78 is 10.1. The van der Waals surface area contributed by atoms with Crippen LogP contribution in [0.15, 0.2) is 13.2 Å². The number of aliphatic hydroxyl groups is 1. The van der Waals surface area contributed by atoms with Gasteiger partial charge in [-0.15, -0.1) is 13.2 Å². The maximum absolute atomic E-state index is 8.55. The molecule has 0 aromatic rings. The zero-order chi connectivity index (χ0) is 9.98. The van der Waals surface area contributed by atoms with Crippen LogP contribution in [0.1, 0.15) is 13.8 Å². The molecule has 0 bridgehead atoms. The van der Waals surface area contributed by atoms with Gasteiger partial charge in [-0.3, -0.25) is 0 Å². The number of hydrogen-bond acceptors (Lipinski definition) is 3. The molecule has 2 atom stereocenters. The second-order valence-corrected chi connectivity index (χ2v) is 2.37. The Morgan fingerprint density at radius 1 is 1.25 bits per heavy atom. The van der Waals surface area contributed by atoms with Crippen molar-refractivity contribution in [3.63, 3.8) is 0 Å². The van der Waals surface area contributed by atoms with Crippen LogP contribution in [0.3, 0.4) is 0 Å². The maximum Gasteiger partial charge on any atom is 0.0779 e. The minimum absolute atomic E-state index is 0.0659. The highest BCUT2D eigenvalue weighted by atomic mass is 16.5. The van der Waals surface area contributed by atoms with E-state index in [0.717, 1.165) is 0 Å². The molecular weight excluding hydrogens is 156 g/mol. The predicted octanol–water partition coefficient (Wildman–Crippen LogP) is 1.22. The van der Waals surface area contributed by atoms with Crippen molar-refractivity contribution >= 4 is 0 Å². The molecule has 0 fully saturated rings. The zero-order valence-electron chi connectivity index (χ0n) is 8.25. The highest BCUT2D eigenvalue weighted by Crippen LogP contribution is 1.93. The number of aliphatic hydroxyl groups excluding tert-OH is 1. The van der Waals surface area contributed by atoms with Gasteiger partial charge in [0, 0.05) is 7.11 Å². The van der Waals surface area contributed by atoms with Crippen molar-refractivity contribution in [3.8, 4) is 0 Å². The van der Waals surface area contributed by atoms with Crippen LogP contribution in [0.5, 0.6) is 0 Å². The molecule has 0 radical (unpaired) electrons. The van der Waals surface area contributed by atoms with E-state index in [1.807, 2.05) is 13.8 Å². The molecular formula is C9H20O3. The van der Waals surface area contributed by atoms with E-state index in [0.29, 0.717) is 6.61 Å². The van der Waals surface area contributed by atoms with Gasteiger partial charge in [0.25, 0.3) is 0 Å². The second kappa shape index (κ2) is 10.6. The first-order valence-corrected chi connectivity index (χ1v) is 3.96. The Labute approximate surface area is 75.0 Å². The maximum atomic E-state index is 8.55. The Balaban J connectivity index is 0. The summed E-state index contributed by atoms with van der Waals surface area (Å²) in [6.45, 7) is 10.3. The van der Waals surface area contributed by atoms with E-state index in [9.17, 15) is 0 Å². The van der Waals surface area contributed by atoms with Crippen LogP contribution in [0.25, 0.3) is 0 Å². The zero-order valence-corrected chi connectivity index (χ0v) is 8.25. The lowest BCUT2D eigenvalue weighted by molar-refractivity contribution is -0.0313. The Bertz CT molecular complexity index is 75.8. The van der Waals surface area contributed by atoms with Crippen molar-refractivity contribution in [2.75, 3.05) is 20.3 Å². The summed E-state index contributed by atoms with van der Waals surface area (Å²) in [5.41, 5.74) is 0. The lowest BCUT2D eigenvalue weighted by Crippen LogP contribution is -2.21. The van der Waals surface area contributed by atoms with Crippen LogP contribution in [0.4, 0.5) is 0 Å². The molecule has 2 unspecified atom stereocenters. The third kappa shape index (κ3) is 9.62. The van der Waals surface area contributed by atoms with Gasteiger partial charge < -0.3 is 14.6 Å². The van der Waals surface area contributed by atoms with Gasteiger partial charge in [0.1, 0.15) is 0 Å². The van der Waals surface area contributed by atoms with Crippen LogP contribution < -0.4 is 0 Å². The van der Waals surface area contributed by atoms with E-state index in [2.05, 4.69) is 13.2 Å². The van der Waals surface area contributed by atoms with Gasteiger partial charge >= 0.3 is 0 Å². The Morgan fingerprint density at radius 3 is 2.08 bits per heavy atom. The van der Waals surface area contributed by atoms with E-state index < -0.39 is 0 Å². The van der Waals surface area contributed by atoms with E-state index in [4.69, 9.17) is 14.6 Å². The molecule has 12 heavy (non-hydrogen) atoms. The Hall–Kier alpha value is -0.380. The average molecular weight is 176 g/mol. The fourth-order valence-corrected chi connectivity index (χ4v) is 0.421.